The number of carbonyl (C=O) groups is 1. The Kier molecular flexibility index (Phi) is 4.35. The Balaban J connectivity index is 2.12. The minimum Gasteiger partial charge on any atom is -0.391 e. The molecule has 0 saturated heterocycles. The van der Waals surface area contributed by atoms with Crippen molar-refractivity contribution >= 4 is 5.91 Å². The van der Waals surface area contributed by atoms with Gasteiger partial charge in [0.05, 0.1) is 12.1 Å². The van der Waals surface area contributed by atoms with E-state index in [4.69, 9.17) is 5.73 Å². The van der Waals surface area contributed by atoms with Crippen LogP contribution in [0.15, 0.2) is 0 Å². The molecule has 0 heterocycles. The molecule has 1 fully saturated rings. The highest BCUT2D eigenvalue weighted by molar-refractivity contribution is 5.81. The molecule has 1 aliphatic carbocycles. The third-order valence-electron chi connectivity index (χ3n) is 2.59. The zero-order valence-electron chi connectivity index (χ0n) is 8.70. The van der Waals surface area contributed by atoms with Gasteiger partial charge in [0, 0.05) is 6.54 Å². The highest BCUT2D eigenvalue weighted by Crippen LogP contribution is 2.32. The third-order valence-corrected chi connectivity index (χ3v) is 2.59. The Morgan fingerprint density at radius 3 is 2.79 bits per heavy atom. The van der Waals surface area contributed by atoms with Crippen LogP contribution in [0.2, 0.25) is 0 Å². The highest BCUT2D eigenvalue weighted by atomic mass is 16.3. The van der Waals surface area contributed by atoms with Crippen molar-refractivity contribution in [2.24, 2.45) is 11.7 Å². The van der Waals surface area contributed by atoms with Crippen LogP contribution >= 0.6 is 0 Å². The van der Waals surface area contributed by atoms with Gasteiger partial charge in [-0.05, 0) is 25.2 Å². The van der Waals surface area contributed by atoms with Gasteiger partial charge in [0.2, 0.25) is 5.91 Å². The number of hydrogen-bond acceptors (Lipinski definition) is 3. The fourth-order valence-corrected chi connectivity index (χ4v) is 1.43. The Hall–Kier alpha value is -0.610. The molecule has 1 saturated carbocycles. The number of carbonyl (C=O) groups excluding carboxylic acids is 1. The molecule has 1 rings (SSSR count). The summed E-state index contributed by atoms with van der Waals surface area (Å²) in [5.41, 5.74) is 5.61. The van der Waals surface area contributed by atoms with Crippen LogP contribution in [-0.2, 0) is 4.79 Å². The predicted molar refractivity (Wildman–Crippen MR) is 54.6 cm³/mol. The van der Waals surface area contributed by atoms with Crippen LogP contribution in [0.25, 0.3) is 0 Å². The van der Waals surface area contributed by atoms with Gasteiger partial charge < -0.3 is 16.2 Å². The summed E-state index contributed by atoms with van der Waals surface area (Å²) in [4.78, 5) is 11.3. The van der Waals surface area contributed by atoms with Crippen LogP contribution in [0.3, 0.4) is 0 Å². The first-order valence-electron chi connectivity index (χ1n) is 5.36. The summed E-state index contributed by atoms with van der Waals surface area (Å²) in [6.45, 7) is 2.34. The zero-order valence-corrected chi connectivity index (χ0v) is 8.70. The first kappa shape index (κ1) is 11.5. The van der Waals surface area contributed by atoms with Crippen molar-refractivity contribution < 1.29 is 9.90 Å². The van der Waals surface area contributed by atoms with E-state index in [9.17, 15) is 9.90 Å². The Bertz CT molecular complexity index is 193. The van der Waals surface area contributed by atoms with Crippen molar-refractivity contribution in [3.8, 4) is 0 Å². The van der Waals surface area contributed by atoms with Crippen LogP contribution in [0, 0.1) is 5.92 Å². The first-order chi connectivity index (χ1) is 6.65. The molecule has 4 heteroatoms. The van der Waals surface area contributed by atoms with E-state index >= 15 is 0 Å². The zero-order chi connectivity index (χ0) is 10.6. The fourth-order valence-electron chi connectivity index (χ4n) is 1.43. The molecule has 0 aromatic rings. The molecule has 0 aromatic heterocycles. The first-order valence-corrected chi connectivity index (χ1v) is 5.36. The van der Waals surface area contributed by atoms with Gasteiger partial charge in [-0.15, -0.1) is 0 Å². The maximum absolute atomic E-state index is 11.3. The van der Waals surface area contributed by atoms with Gasteiger partial charge in [0.15, 0.2) is 0 Å². The molecule has 0 spiro atoms. The summed E-state index contributed by atoms with van der Waals surface area (Å²) >= 11 is 0. The van der Waals surface area contributed by atoms with E-state index in [1.807, 2.05) is 6.92 Å². The summed E-state index contributed by atoms with van der Waals surface area (Å²) in [5.74, 6) is 0.254. The largest absolute Gasteiger partial charge is 0.391 e. The van der Waals surface area contributed by atoms with Gasteiger partial charge in [0.25, 0.3) is 0 Å². The van der Waals surface area contributed by atoms with E-state index in [2.05, 4.69) is 5.32 Å². The molecule has 0 radical (unpaired) electrons. The number of aliphatic hydroxyl groups is 1. The molecule has 1 amide bonds. The van der Waals surface area contributed by atoms with Gasteiger partial charge in [-0.1, -0.05) is 13.3 Å². The molecule has 0 aromatic carbocycles. The summed E-state index contributed by atoms with van der Waals surface area (Å²) in [5, 5.41) is 12.2. The third kappa shape index (κ3) is 3.64. The number of rotatable bonds is 6. The molecular formula is C10H20N2O2. The second-order valence-corrected chi connectivity index (χ2v) is 4.05. The lowest BCUT2D eigenvalue weighted by Gasteiger charge is -2.14. The number of hydrogen-bond donors (Lipinski definition) is 3. The lowest BCUT2D eigenvalue weighted by atomic mass is 10.1. The number of nitrogens with two attached hydrogens (primary N) is 1. The van der Waals surface area contributed by atoms with Gasteiger partial charge >= 0.3 is 0 Å². The van der Waals surface area contributed by atoms with E-state index in [1.165, 1.54) is 0 Å². The van der Waals surface area contributed by atoms with Crippen LogP contribution in [0.5, 0.6) is 0 Å². The molecule has 82 valence electrons. The van der Waals surface area contributed by atoms with Crippen LogP contribution in [0.4, 0.5) is 0 Å². The van der Waals surface area contributed by atoms with E-state index in [1.54, 1.807) is 0 Å². The molecule has 1 aliphatic rings. The van der Waals surface area contributed by atoms with Crippen molar-refractivity contribution in [1.29, 1.82) is 0 Å². The van der Waals surface area contributed by atoms with E-state index in [0.717, 1.165) is 19.3 Å². The van der Waals surface area contributed by atoms with Crippen molar-refractivity contribution in [2.75, 3.05) is 6.54 Å². The maximum atomic E-state index is 11.3. The molecule has 0 aliphatic heterocycles. The summed E-state index contributed by atoms with van der Waals surface area (Å²) in [6, 6.07) is -0.425. The number of aliphatic hydroxyl groups excluding tert-OH is 1. The topological polar surface area (TPSA) is 75.4 Å². The molecule has 4 nitrogen and oxygen atoms in total. The molecule has 14 heavy (non-hydrogen) atoms. The second kappa shape index (κ2) is 5.32. The average molecular weight is 200 g/mol. The van der Waals surface area contributed by atoms with Crippen LogP contribution in [0.1, 0.15) is 32.6 Å². The second-order valence-electron chi connectivity index (χ2n) is 4.05. The van der Waals surface area contributed by atoms with Gasteiger partial charge in [0.1, 0.15) is 0 Å². The monoisotopic (exact) mass is 200 g/mol. The standard InChI is InChI=1S/C10H20N2O2/c1-2-3-8(11)10(14)12-6-9(13)7-4-5-7/h7-9,13H,2-6,11H2,1H3,(H,12,14)/t8-,9?/m1/s1. The molecule has 2 atom stereocenters. The molecular weight excluding hydrogens is 180 g/mol. The van der Waals surface area contributed by atoms with Gasteiger partial charge in [-0.2, -0.15) is 0 Å². The smallest absolute Gasteiger partial charge is 0.237 e. The van der Waals surface area contributed by atoms with Crippen molar-refractivity contribution in [2.45, 2.75) is 44.8 Å². The SMILES string of the molecule is CCC[C@@H](N)C(=O)NCC(O)C1CC1. The van der Waals surface area contributed by atoms with Gasteiger partial charge in [-0.25, -0.2) is 0 Å². The molecule has 0 bridgehead atoms. The minimum absolute atomic E-state index is 0.147. The van der Waals surface area contributed by atoms with E-state index in [-0.39, 0.29) is 12.0 Å². The Labute approximate surface area is 84.9 Å². The summed E-state index contributed by atoms with van der Waals surface area (Å²) < 4.78 is 0. The summed E-state index contributed by atoms with van der Waals surface area (Å²) in [6.07, 6.45) is 3.38. The maximum Gasteiger partial charge on any atom is 0.237 e. The normalized spacial score (nSPS) is 20.2. The molecule has 1 unspecified atom stereocenters. The average Bonchev–Trinajstić information content (AvgIpc) is 2.97. The molecule has 4 N–H and O–H groups in total. The Morgan fingerprint density at radius 1 is 1.64 bits per heavy atom. The number of nitrogens with one attached hydrogen (secondary N) is 1. The van der Waals surface area contributed by atoms with E-state index in [0.29, 0.717) is 18.9 Å². The predicted octanol–water partition coefficient (Wildman–Crippen LogP) is 0.000900. The van der Waals surface area contributed by atoms with E-state index < -0.39 is 6.04 Å². The lowest BCUT2D eigenvalue weighted by Crippen LogP contribution is -2.43. The van der Waals surface area contributed by atoms with Crippen molar-refractivity contribution in [3.05, 3.63) is 0 Å². The highest BCUT2D eigenvalue weighted by Gasteiger charge is 2.29. The Morgan fingerprint density at radius 2 is 2.29 bits per heavy atom. The van der Waals surface area contributed by atoms with Crippen LogP contribution in [-0.4, -0.2) is 29.7 Å². The quantitative estimate of drug-likeness (QED) is 0.565. The van der Waals surface area contributed by atoms with Crippen molar-refractivity contribution in [1.82, 2.24) is 5.32 Å². The summed E-state index contributed by atoms with van der Waals surface area (Å²) in [7, 11) is 0. The van der Waals surface area contributed by atoms with Gasteiger partial charge in [-0.3, -0.25) is 4.79 Å². The fraction of sp³-hybridized carbons (Fsp3) is 0.900. The van der Waals surface area contributed by atoms with Crippen LogP contribution < -0.4 is 11.1 Å². The van der Waals surface area contributed by atoms with Crippen molar-refractivity contribution in [3.63, 3.8) is 0 Å². The lowest BCUT2D eigenvalue weighted by molar-refractivity contribution is -0.123. The number of amides is 1. The minimum atomic E-state index is -0.425.